The van der Waals surface area contributed by atoms with E-state index in [4.69, 9.17) is 19.3 Å². The van der Waals surface area contributed by atoms with Crippen LogP contribution in [0.5, 0.6) is 0 Å². The van der Waals surface area contributed by atoms with E-state index in [-0.39, 0.29) is 37.3 Å². The summed E-state index contributed by atoms with van der Waals surface area (Å²) in [5.41, 5.74) is 2.91. The van der Waals surface area contributed by atoms with Gasteiger partial charge in [-0.2, -0.15) is 11.3 Å². The maximum atomic E-state index is 12.8. The molecule has 31 heavy (non-hydrogen) atoms. The number of allylic oxidation sites excluding steroid dienone is 1. The van der Waals surface area contributed by atoms with Crippen molar-refractivity contribution in [3.8, 4) is 0 Å². The summed E-state index contributed by atoms with van der Waals surface area (Å²) in [6.07, 6.45) is 1.90. The van der Waals surface area contributed by atoms with Crippen LogP contribution in [0.4, 0.5) is 0 Å². The van der Waals surface area contributed by atoms with Gasteiger partial charge in [0.05, 0.1) is 44.0 Å². The molecule has 0 saturated carbocycles. The molecule has 0 fully saturated rings. The van der Waals surface area contributed by atoms with Crippen LogP contribution in [-0.2, 0) is 25.5 Å². The fourth-order valence-corrected chi connectivity index (χ4v) is 4.11. The third-order valence-corrected chi connectivity index (χ3v) is 5.58. The van der Waals surface area contributed by atoms with Crippen molar-refractivity contribution in [2.75, 3.05) is 26.4 Å². The zero-order valence-corrected chi connectivity index (χ0v) is 17.8. The van der Waals surface area contributed by atoms with Crippen LogP contribution < -0.4 is 5.32 Å². The Morgan fingerprint density at radius 3 is 3.00 bits per heavy atom. The molecule has 164 valence electrons. The number of nitrogens with zero attached hydrogens (tertiary/aromatic N) is 1. The number of hydrogen-bond acceptors (Lipinski definition) is 7. The number of rotatable bonds is 10. The highest BCUT2D eigenvalue weighted by molar-refractivity contribution is 7.08. The van der Waals surface area contributed by atoms with Crippen LogP contribution in [0, 0.1) is 0 Å². The topological polar surface area (TPSA) is 106 Å². The number of carbonyl (C=O) groups excluding carboxylic acids is 1. The molecule has 3 N–H and O–H groups in total. The molecule has 0 bridgehead atoms. The molecule has 1 aliphatic rings. The molecule has 2 atom stereocenters. The summed E-state index contributed by atoms with van der Waals surface area (Å²) in [5, 5.41) is 15.7. The highest BCUT2D eigenvalue weighted by Crippen LogP contribution is 2.32. The van der Waals surface area contributed by atoms with E-state index in [0.717, 1.165) is 16.6 Å². The van der Waals surface area contributed by atoms with Gasteiger partial charge in [-0.3, -0.25) is 4.79 Å². The highest BCUT2D eigenvalue weighted by atomic mass is 32.1. The molecular formula is C22H25N3O5S. The normalized spacial score (nSPS) is 18.5. The van der Waals surface area contributed by atoms with Crippen LogP contribution in [0.1, 0.15) is 23.7 Å². The second kappa shape index (κ2) is 10.5. The Balaban J connectivity index is 1.39. The number of fused-ring (bicyclic) bond motifs is 1. The molecule has 8 nitrogen and oxygen atoms in total. The molecule has 2 unspecified atom stereocenters. The Bertz CT molecular complexity index is 984. The smallest absolute Gasteiger partial charge is 0.286 e. The van der Waals surface area contributed by atoms with E-state index in [1.807, 2.05) is 41.8 Å². The van der Waals surface area contributed by atoms with Gasteiger partial charge in [-0.25, -0.2) is 4.98 Å². The van der Waals surface area contributed by atoms with E-state index in [1.165, 1.54) is 0 Å². The van der Waals surface area contributed by atoms with Gasteiger partial charge in [-0.15, -0.1) is 0 Å². The van der Waals surface area contributed by atoms with Crippen molar-refractivity contribution in [2.45, 2.75) is 25.2 Å². The fraction of sp³-hybridized carbons (Fsp3) is 0.364. The number of nitrogens with one attached hydrogen (secondary N) is 2. The maximum absolute atomic E-state index is 12.8. The van der Waals surface area contributed by atoms with Crippen molar-refractivity contribution in [3.63, 3.8) is 0 Å². The Morgan fingerprint density at radius 1 is 1.29 bits per heavy atom. The van der Waals surface area contributed by atoms with Gasteiger partial charge < -0.3 is 29.6 Å². The molecule has 3 aromatic rings. The summed E-state index contributed by atoms with van der Waals surface area (Å²) >= 11 is 1.61. The number of imidazole rings is 1. The Kier molecular flexibility index (Phi) is 7.31. The monoisotopic (exact) mass is 443 g/mol. The molecule has 4 rings (SSSR count). The van der Waals surface area contributed by atoms with Crippen LogP contribution in [0.3, 0.4) is 0 Å². The van der Waals surface area contributed by atoms with Crippen LogP contribution >= 0.6 is 11.3 Å². The first-order valence-corrected chi connectivity index (χ1v) is 11.1. The number of aliphatic hydroxyl groups is 1. The Hall–Kier alpha value is -2.72. The van der Waals surface area contributed by atoms with E-state index in [9.17, 15) is 4.79 Å². The summed E-state index contributed by atoms with van der Waals surface area (Å²) in [6.45, 7) is 1.16. The number of aromatic nitrogens is 2. The van der Waals surface area contributed by atoms with Gasteiger partial charge in [0.2, 0.25) is 6.29 Å². The number of benzene rings is 1. The number of thiophene rings is 1. The minimum Gasteiger partial charge on any atom is -0.459 e. The van der Waals surface area contributed by atoms with Crippen molar-refractivity contribution in [2.24, 2.45) is 0 Å². The van der Waals surface area contributed by atoms with Crippen LogP contribution in [0.25, 0.3) is 11.0 Å². The van der Waals surface area contributed by atoms with Crippen molar-refractivity contribution < 1.29 is 24.1 Å². The first-order chi connectivity index (χ1) is 15.2. The molecule has 1 amide bonds. The molecule has 0 spiro atoms. The average Bonchev–Trinajstić information content (AvgIpc) is 3.47. The van der Waals surface area contributed by atoms with E-state index >= 15 is 0 Å². The number of para-hydroxylation sites is 2. The SMILES string of the molecule is O=C(NCc1nc2ccccc2[nH]1)C1=CC(c2ccsc2)CC(OCCOCCO)O1. The lowest BCUT2D eigenvalue weighted by atomic mass is 9.95. The summed E-state index contributed by atoms with van der Waals surface area (Å²) in [7, 11) is 0. The molecular weight excluding hydrogens is 418 g/mol. The second-order valence-electron chi connectivity index (χ2n) is 7.07. The number of ether oxygens (including phenoxy) is 3. The number of aromatic amines is 1. The van der Waals surface area contributed by atoms with Crippen molar-refractivity contribution in [3.05, 3.63) is 64.3 Å². The second-order valence-corrected chi connectivity index (χ2v) is 7.85. The van der Waals surface area contributed by atoms with Gasteiger partial charge in [0.25, 0.3) is 5.91 Å². The first-order valence-electron chi connectivity index (χ1n) is 10.2. The molecule has 2 aromatic heterocycles. The van der Waals surface area contributed by atoms with Crippen molar-refractivity contribution >= 4 is 28.3 Å². The zero-order chi connectivity index (χ0) is 21.5. The Morgan fingerprint density at radius 2 is 2.19 bits per heavy atom. The first kappa shape index (κ1) is 21.5. The largest absolute Gasteiger partial charge is 0.459 e. The minimum absolute atomic E-state index is 0.0234. The van der Waals surface area contributed by atoms with Crippen LogP contribution in [0.15, 0.2) is 52.9 Å². The zero-order valence-electron chi connectivity index (χ0n) is 17.0. The number of H-pyrrole nitrogens is 1. The lowest BCUT2D eigenvalue weighted by Crippen LogP contribution is -2.33. The van der Waals surface area contributed by atoms with Crippen molar-refractivity contribution in [1.29, 1.82) is 0 Å². The lowest BCUT2D eigenvalue weighted by Gasteiger charge is -2.28. The van der Waals surface area contributed by atoms with Crippen LogP contribution in [-0.4, -0.2) is 53.7 Å². The van der Waals surface area contributed by atoms with Gasteiger partial charge in [0.15, 0.2) is 5.76 Å². The third-order valence-electron chi connectivity index (χ3n) is 4.87. The van der Waals surface area contributed by atoms with E-state index in [0.29, 0.717) is 25.5 Å². The summed E-state index contributed by atoms with van der Waals surface area (Å²) in [4.78, 5) is 20.5. The maximum Gasteiger partial charge on any atom is 0.286 e. The van der Waals surface area contributed by atoms with Gasteiger partial charge in [0, 0.05) is 12.3 Å². The molecule has 3 heterocycles. The molecule has 0 saturated heterocycles. The van der Waals surface area contributed by atoms with Gasteiger partial charge in [0.1, 0.15) is 5.82 Å². The predicted octanol–water partition coefficient (Wildman–Crippen LogP) is 2.68. The fourth-order valence-electron chi connectivity index (χ4n) is 3.38. The van der Waals surface area contributed by atoms with Gasteiger partial charge in [-0.1, -0.05) is 12.1 Å². The standard InChI is InChI=1S/C22H25N3O5S/c26-6-7-28-8-9-29-21-12-16(15-5-10-31-14-15)11-19(30-21)22(27)23-13-20-24-17-3-1-2-4-18(17)25-20/h1-5,10-11,14,16,21,26H,6-9,12-13H2,(H,23,27)(H,24,25). The number of carbonyl (C=O) groups is 1. The van der Waals surface area contributed by atoms with E-state index in [2.05, 4.69) is 20.7 Å². The van der Waals surface area contributed by atoms with Crippen molar-refractivity contribution in [1.82, 2.24) is 15.3 Å². The number of hydrogen-bond donors (Lipinski definition) is 3. The van der Waals surface area contributed by atoms with Crippen LogP contribution in [0.2, 0.25) is 0 Å². The molecule has 9 heteroatoms. The van der Waals surface area contributed by atoms with Gasteiger partial charge in [-0.05, 0) is 40.6 Å². The molecule has 0 aliphatic carbocycles. The Labute approximate surface area is 183 Å². The quantitative estimate of drug-likeness (QED) is 0.416. The average molecular weight is 444 g/mol. The third kappa shape index (κ3) is 5.71. The number of amides is 1. The van der Waals surface area contributed by atoms with Gasteiger partial charge >= 0.3 is 0 Å². The number of aliphatic hydroxyl groups excluding tert-OH is 1. The predicted molar refractivity (Wildman–Crippen MR) is 116 cm³/mol. The molecule has 1 aliphatic heterocycles. The highest BCUT2D eigenvalue weighted by Gasteiger charge is 2.29. The van der Waals surface area contributed by atoms with E-state index in [1.54, 1.807) is 11.3 Å². The summed E-state index contributed by atoms with van der Waals surface area (Å²) in [6, 6.07) is 9.76. The summed E-state index contributed by atoms with van der Waals surface area (Å²) < 4.78 is 16.8. The van der Waals surface area contributed by atoms with E-state index < -0.39 is 6.29 Å². The minimum atomic E-state index is -0.556. The molecule has 0 radical (unpaired) electrons. The molecule has 1 aromatic carbocycles. The summed E-state index contributed by atoms with van der Waals surface area (Å²) in [5.74, 6) is 0.620. The lowest BCUT2D eigenvalue weighted by molar-refractivity contribution is -0.151.